The predicted molar refractivity (Wildman–Crippen MR) is 46.8 cm³/mol. The van der Waals surface area contributed by atoms with E-state index < -0.39 is 15.9 Å². The quantitative estimate of drug-likeness (QED) is 0.628. The third-order valence-corrected chi connectivity index (χ3v) is 3.04. The first-order chi connectivity index (χ1) is 5.61. The second-order valence-corrected chi connectivity index (χ2v) is 4.08. The Morgan fingerprint density at radius 3 is 2.20 bits per heavy atom. The zero-order chi connectivity index (χ0) is 8.77. The van der Waals surface area contributed by atoms with Gasteiger partial charge in [-0.3, -0.25) is 4.79 Å². The molecule has 0 fully saturated rings. The third-order valence-electron chi connectivity index (χ3n) is 1.65. The maximum Gasteiger partial charge on any atom is 0.266 e. The molecule has 2 rings (SSSR count). The summed E-state index contributed by atoms with van der Waals surface area (Å²) in [4.78, 5) is 11.1. The van der Waals surface area contributed by atoms with Crippen molar-refractivity contribution < 1.29 is 49.8 Å². The van der Waals surface area contributed by atoms with Crippen molar-refractivity contribution in [2.75, 3.05) is 0 Å². The molecule has 1 aliphatic rings. The van der Waals surface area contributed by atoms with Crippen LogP contribution in [-0.4, -0.2) is 31.4 Å². The Kier molecular flexibility index (Phi) is 7.24. The molecule has 0 saturated heterocycles. The second-order valence-electron chi connectivity index (χ2n) is 2.43. The number of rotatable bonds is 0. The number of nitrogens with one attached hydrogen (secondary N) is 1. The van der Waals surface area contributed by atoms with Crippen molar-refractivity contribution in [1.82, 2.24) is 4.72 Å². The van der Waals surface area contributed by atoms with E-state index in [9.17, 15) is 13.2 Å². The molecule has 0 aromatic heterocycles. The van der Waals surface area contributed by atoms with Crippen LogP contribution in [0.25, 0.3) is 0 Å². The molecule has 1 aromatic carbocycles. The number of hydrogen-bond donors (Lipinski definition) is 1. The van der Waals surface area contributed by atoms with Gasteiger partial charge in [-0.1, -0.05) is 12.1 Å². The summed E-state index contributed by atoms with van der Waals surface area (Å²) in [5, 5.41) is 0. The molecule has 1 N–H and O–H groups in total. The van der Waals surface area contributed by atoms with Crippen molar-refractivity contribution >= 4 is 33.0 Å². The first-order valence-corrected chi connectivity index (χ1v) is 4.76. The molecule has 15 heavy (non-hydrogen) atoms. The van der Waals surface area contributed by atoms with Gasteiger partial charge in [0.15, 0.2) is 0 Å². The summed E-state index contributed by atoms with van der Waals surface area (Å²) in [6, 6.07) is 6.09. The average Bonchev–Trinajstić information content (AvgIpc) is 2.25. The van der Waals surface area contributed by atoms with Crippen LogP contribution in [0, 0.1) is 0 Å². The van der Waals surface area contributed by atoms with Crippen LogP contribution in [0.15, 0.2) is 29.2 Å². The molecule has 0 atom stereocenters. The minimum atomic E-state index is -3.55. The first-order valence-electron chi connectivity index (χ1n) is 3.27. The Hall–Kier alpha value is 0.302. The molecular formula is C7H5FeNO3SSeZn. The fourth-order valence-electron chi connectivity index (χ4n) is 1.12. The molecule has 0 saturated carbocycles. The second kappa shape index (κ2) is 6.14. The maximum atomic E-state index is 11.1. The number of fused-ring (bicyclic) bond motifs is 1. The molecule has 0 aliphatic carbocycles. The van der Waals surface area contributed by atoms with Gasteiger partial charge in [-0.05, 0) is 12.1 Å². The van der Waals surface area contributed by atoms with Crippen LogP contribution in [0.3, 0.4) is 0 Å². The van der Waals surface area contributed by atoms with Crippen molar-refractivity contribution in [3.05, 3.63) is 29.8 Å². The van der Waals surface area contributed by atoms with Gasteiger partial charge in [0.1, 0.15) is 4.90 Å². The van der Waals surface area contributed by atoms with Gasteiger partial charge in [0.05, 0.1) is 5.56 Å². The zero-order valence-corrected chi connectivity index (χ0v) is 14.0. The van der Waals surface area contributed by atoms with Gasteiger partial charge in [0.2, 0.25) is 0 Å². The molecule has 4 nitrogen and oxygen atoms in total. The summed E-state index contributed by atoms with van der Waals surface area (Å²) in [5.41, 5.74) is 0.220. The van der Waals surface area contributed by atoms with Crippen molar-refractivity contribution in [3.63, 3.8) is 0 Å². The van der Waals surface area contributed by atoms with Crippen LogP contribution in [0.2, 0.25) is 0 Å². The first kappa shape index (κ1) is 17.7. The van der Waals surface area contributed by atoms with Gasteiger partial charge >= 0.3 is 0 Å². The van der Waals surface area contributed by atoms with Gasteiger partial charge in [0, 0.05) is 53.6 Å². The topological polar surface area (TPSA) is 63.2 Å². The monoisotopic (exact) mass is 383 g/mol. The summed E-state index contributed by atoms with van der Waals surface area (Å²) in [7, 11) is -3.55. The van der Waals surface area contributed by atoms with E-state index in [2.05, 4.69) is 0 Å². The third kappa shape index (κ3) is 3.13. The summed E-state index contributed by atoms with van der Waals surface area (Å²) in [5.74, 6) is -0.550. The summed E-state index contributed by atoms with van der Waals surface area (Å²) >= 11 is 0. The summed E-state index contributed by atoms with van der Waals surface area (Å²) < 4.78 is 24.2. The number of carbonyl (C=O) groups is 1. The van der Waals surface area contributed by atoms with Crippen LogP contribution in [0.1, 0.15) is 10.4 Å². The Balaban J connectivity index is 0. The van der Waals surface area contributed by atoms with Gasteiger partial charge in [0.25, 0.3) is 15.9 Å². The molecule has 78 valence electrons. The van der Waals surface area contributed by atoms with Crippen molar-refractivity contribution in [2.45, 2.75) is 4.90 Å². The molecule has 1 aliphatic heterocycles. The predicted octanol–water partition coefficient (Wildman–Crippen LogP) is -0.267. The number of benzene rings is 1. The van der Waals surface area contributed by atoms with E-state index in [-0.39, 0.29) is 64.1 Å². The average molecular weight is 383 g/mol. The maximum absolute atomic E-state index is 11.1. The molecule has 0 spiro atoms. The van der Waals surface area contributed by atoms with Crippen LogP contribution in [-0.2, 0) is 46.6 Å². The van der Waals surface area contributed by atoms with E-state index in [4.69, 9.17) is 0 Å². The molecule has 0 bridgehead atoms. The van der Waals surface area contributed by atoms with Crippen LogP contribution >= 0.6 is 0 Å². The van der Waals surface area contributed by atoms with Gasteiger partial charge in [-0.25, -0.2) is 13.1 Å². The smallest absolute Gasteiger partial charge is 0.266 e. The van der Waals surface area contributed by atoms with E-state index in [0.717, 1.165) is 0 Å². The van der Waals surface area contributed by atoms with Crippen LogP contribution < -0.4 is 4.72 Å². The minimum absolute atomic E-state index is 0. The van der Waals surface area contributed by atoms with Crippen molar-refractivity contribution in [1.29, 1.82) is 0 Å². The normalized spacial score (nSPS) is 14.8. The van der Waals surface area contributed by atoms with Crippen molar-refractivity contribution in [3.8, 4) is 0 Å². The molecule has 2 radical (unpaired) electrons. The Morgan fingerprint density at radius 2 is 1.67 bits per heavy atom. The summed E-state index contributed by atoms with van der Waals surface area (Å²) in [6.45, 7) is 0. The van der Waals surface area contributed by atoms with Crippen LogP contribution in [0.4, 0.5) is 0 Å². The van der Waals surface area contributed by atoms with E-state index >= 15 is 0 Å². The zero-order valence-electron chi connectivity index (χ0n) is 7.41. The molecule has 0 unspecified atom stereocenters. The van der Waals surface area contributed by atoms with E-state index in [1.165, 1.54) is 12.1 Å². The fraction of sp³-hybridized carbons (Fsp3) is 0. The van der Waals surface area contributed by atoms with Crippen molar-refractivity contribution in [2.24, 2.45) is 0 Å². The molecule has 8 heteroatoms. The Labute approximate surface area is 121 Å². The number of sulfonamides is 1. The molecule has 1 amide bonds. The van der Waals surface area contributed by atoms with E-state index in [1.807, 2.05) is 4.72 Å². The standard InChI is InChI=1S/C7H5NO3S.Fe.Se.Zn/c9-7-5-3-1-2-4-6(5)12(10,11)8-7;;;/h1-4H,(H,8,9);;;. The Morgan fingerprint density at radius 1 is 1.13 bits per heavy atom. The van der Waals surface area contributed by atoms with E-state index in [1.54, 1.807) is 12.1 Å². The molecule has 1 aromatic rings. The SMILES string of the molecule is O=C1NS(=O)(=O)c2ccccc21.[Fe].[Se].[Zn]. The number of carbonyl (C=O) groups excluding carboxylic acids is 1. The molecule has 1 heterocycles. The number of amides is 1. The van der Waals surface area contributed by atoms with Gasteiger partial charge in [-0.15, -0.1) is 0 Å². The van der Waals surface area contributed by atoms with Gasteiger partial charge in [-0.2, -0.15) is 0 Å². The fourth-order valence-corrected chi connectivity index (χ4v) is 2.29. The Bertz CT molecular complexity index is 465. The molecular weight excluding hydrogens is 378 g/mol. The van der Waals surface area contributed by atoms with E-state index in [0.29, 0.717) is 0 Å². The largest absolute Gasteiger partial charge is 0.268 e. The number of hydrogen-bond acceptors (Lipinski definition) is 3. The van der Waals surface area contributed by atoms with Gasteiger partial charge < -0.3 is 0 Å². The van der Waals surface area contributed by atoms with Crippen LogP contribution in [0.5, 0.6) is 0 Å². The minimum Gasteiger partial charge on any atom is -0.268 e. The summed E-state index contributed by atoms with van der Waals surface area (Å²) in [6.07, 6.45) is 0.